The molecule has 0 saturated carbocycles. The summed E-state index contributed by atoms with van der Waals surface area (Å²) in [5, 5.41) is 8.03. The van der Waals surface area contributed by atoms with Gasteiger partial charge in [0.05, 0.1) is 29.8 Å². The van der Waals surface area contributed by atoms with Crippen LogP contribution < -0.4 is 5.32 Å². The zero-order valence-electron chi connectivity index (χ0n) is 14.6. The van der Waals surface area contributed by atoms with Crippen LogP contribution in [0.15, 0.2) is 18.2 Å². The molecule has 1 atom stereocenters. The molecule has 2 N–H and O–H groups in total. The van der Waals surface area contributed by atoms with Crippen molar-refractivity contribution in [2.24, 2.45) is 0 Å². The Morgan fingerprint density at radius 2 is 1.87 bits per heavy atom. The van der Waals surface area contributed by atoms with Gasteiger partial charge in [-0.2, -0.15) is 5.10 Å². The molecule has 0 saturated heterocycles. The molecule has 0 spiro atoms. The van der Waals surface area contributed by atoms with Crippen LogP contribution in [0.4, 0.5) is 0 Å². The number of nitrogens with one attached hydrogen (secondary N) is 2. The predicted octanol–water partition coefficient (Wildman–Crippen LogP) is 3.17. The molecule has 5 nitrogen and oxygen atoms in total. The van der Waals surface area contributed by atoms with Crippen molar-refractivity contribution in [2.45, 2.75) is 53.8 Å². The highest BCUT2D eigenvalue weighted by atomic mass is 15.3. The smallest absolute Gasteiger partial charge is 0.121 e. The number of hydrogen-bond acceptors (Lipinski definition) is 3. The minimum atomic E-state index is 0.324. The van der Waals surface area contributed by atoms with E-state index in [9.17, 15) is 0 Å². The molecule has 3 aromatic rings. The quantitative estimate of drug-likeness (QED) is 0.761. The Morgan fingerprint density at radius 1 is 1.13 bits per heavy atom. The van der Waals surface area contributed by atoms with Gasteiger partial charge < -0.3 is 10.3 Å². The average Bonchev–Trinajstić information content (AvgIpc) is 3.00. The highest BCUT2D eigenvalue weighted by Crippen LogP contribution is 2.17. The Bertz CT molecular complexity index is 788. The van der Waals surface area contributed by atoms with Crippen LogP contribution in [-0.4, -0.2) is 25.8 Å². The molecule has 1 aromatic carbocycles. The van der Waals surface area contributed by atoms with Crippen LogP contribution in [0.5, 0.6) is 0 Å². The molecule has 1 unspecified atom stereocenters. The number of aromatic amines is 1. The van der Waals surface area contributed by atoms with Gasteiger partial charge in [0, 0.05) is 11.7 Å². The minimum Gasteiger partial charge on any atom is -0.341 e. The summed E-state index contributed by atoms with van der Waals surface area (Å²) in [4.78, 5) is 8.08. The summed E-state index contributed by atoms with van der Waals surface area (Å²) in [7, 11) is 0. The van der Waals surface area contributed by atoms with Gasteiger partial charge in [-0.05, 0) is 63.9 Å². The van der Waals surface area contributed by atoms with Crippen LogP contribution in [0.3, 0.4) is 0 Å². The topological polar surface area (TPSA) is 58.5 Å². The van der Waals surface area contributed by atoms with Gasteiger partial charge in [-0.3, -0.25) is 4.68 Å². The average molecular weight is 311 g/mol. The van der Waals surface area contributed by atoms with Crippen LogP contribution in [0, 0.1) is 27.7 Å². The third-order valence-corrected chi connectivity index (χ3v) is 4.31. The first kappa shape index (κ1) is 15.7. The van der Waals surface area contributed by atoms with Gasteiger partial charge in [-0.25, -0.2) is 4.98 Å². The molecule has 3 rings (SSSR count). The summed E-state index contributed by atoms with van der Waals surface area (Å²) < 4.78 is 2.05. The molecule has 0 aliphatic rings. The van der Waals surface area contributed by atoms with Crippen LogP contribution in [0.1, 0.15) is 35.3 Å². The Labute approximate surface area is 137 Å². The summed E-state index contributed by atoms with van der Waals surface area (Å²) >= 11 is 0. The number of aryl methyl sites for hydroxylation is 4. The Kier molecular flexibility index (Phi) is 4.22. The van der Waals surface area contributed by atoms with E-state index in [2.05, 4.69) is 71.0 Å². The lowest BCUT2D eigenvalue weighted by Gasteiger charge is -2.14. The molecule has 0 fully saturated rings. The van der Waals surface area contributed by atoms with Crippen molar-refractivity contribution in [1.29, 1.82) is 0 Å². The van der Waals surface area contributed by atoms with E-state index in [1.165, 1.54) is 16.8 Å². The van der Waals surface area contributed by atoms with Gasteiger partial charge in [0.15, 0.2) is 0 Å². The summed E-state index contributed by atoms with van der Waals surface area (Å²) in [6.45, 7) is 12.1. The maximum Gasteiger partial charge on any atom is 0.121 e. The van der Waals surface area contributed by atoms with E-state index < -0.39 is 0 Å². The van der Waals surface area contributed by atoms with Gasteiger partial charge in [-0.1, -0.05) is 0 Å². The van der Waals surface area contributed by atoms with Crippen molar-refractivity contribution in [3.8, 4) is 0 Å². The summed E-state index contributed by atoms with van der Waals surface area (Å²) in [5.41, 5.74) is 6.98. The van der Waals surface area contributed by atoms with Crippen LogP contribution in [-0.2, 0) is 13.1 Å². The molecule has 0 aliphatic carbocycles. The predicted molar refractivity (Wildman–Crippen MR) is 93.6 cm³/mol. The van der Waals surface area contributed by atoms with E-state index >= 15 is 0 Å². The van der Waals surface area contributed by atoms with E-state index in [4.69, 9.17) is 0 Å². The van der Waals surface area contributed by atoms with Gasteiger partial charge >= 0.3 is 0 Å². The second-order valence-electron chi connectivity index (χ2n) is 6.53. The van der Waals surface area contributed by atoms with Crippen LogP contribution in [0.25, 0.3) is 11.0 Å². The highest BCUT2D eigenvalue weighted by molar-refractivity contribution is 5.77. The molecule has 0 bridgehead atoms. The second kappa shape index (κ2) is 6.16. The number of benzene rings is 1. The van der Waals surface area contributed by atoms with Crippen molar-refractivity contribution in [3.05, 3.63) is 46.5 Å². The summed E-state index contributed by atoms with van der Waals surface area (Å²) in [5.74, 6) is 0.977. The Morgan fingerprint density at radius 3 is 2.57 bits per heavy atom. The van der Waals surface area contributed by atoms with E-state index in [0.29, 0.717) is 6.04 Å². The number of imidazole rings is 1. The molecule has 0 radical (unpaired) electrons. The first-order chi connectivity index (χ1) is 10.9. The monoisotopic (exact) mass is 311 g/mol. The van der Waals surface area contributed by atoms with Gasteiger partial charge in [0.25, 0.3) is 0 Å². The molecule has 2 heterocycles. The normalized spacial score (nSPS) is 12.9. The highest BCUT2D eigenvalue weighted by Gasteiger charge is 2.09. The zero-order chi connectivity index (χ0) is 16.6. The first-order valence-corrected chi connectivity index (χ1v) is 8.12. The molecule has 0 aliphatic heterocycles. The number of rotatable bonds is 5. The van der Waals surface area contributed by atoms with Gasteiger partial charge in [-0.15, -0.1) is 0 Å². The van der Waals surface area contributed by atoms with E-state index in [-0.39, 0.29) is 0 Å². The van der Waals surface area contributed by atoms with E-state index in [1.807, 2.05) is 6.92 Å². The number of fused-ring (bicyclic) bond motifs is 1. The molecular weight excluding hydrogens is 286 g/mol. The maximum atomic E-state index is 4.67. The van der Waals surface area contributed by atoms with Crippen molar-refractivity contribution in [3.63, 3.8) is 0 Å². The second-order valence-corrected chi connectivity index (χ2v) is 6.53. The summed E-state index contributed by atoms with van der Waals surface area (Å²) in [6.07, 6.45) is 0. The molecule has 0 amide bonds. The van der Waals surface area contributed by atoms with Crippen LogP contribution in [0.2, 0.25) is 0 Å². The SMILES string of the molecule is Cc1cc(C)n(CC(C)NCc2nc3cc(C)c(C)cc3[nH]2)n1. The lowest BCUT2D eigenvalue weighted by molar-refractivity contribution is 0.440. The van der Waals surface area contributed by atoms with E-state index in [1.54, 1.807) is 0 Å². The Balaban J connectivity index is 1.64. The zero-order valence-corrected chi connectivity index (χ0v) is 14.6. The molecule has 122 valence electrons. The maximum absolute atomic E-state index is 4.67. The minimum absolute atomic E-state index is 0.324. The number of aromatic nitrogens is 4. The van der Waals surface area contributed by atoms with Crippen LogP contribution >= 0.6 is 0 Å². The number of H-pyrrole nitrogens is 1. The van der Waals surface area contributed by atoms with Crippen molar-refractivity contribution < 1.29 is 0 Å². The fourth-order valence-corrected chi connectivity index (χ4v) is 2.86. The van der Waals surface area contributed by atoms with Crippen molar-refractivity contribution in [1.82, 2.24) is 25.1 Å². The molecule has 23 heavy (non-hydrogen) atoms. The van der Waals surface area contributed by atoms with E-state index in [0.717, 1.165) is 35.6 Å². The Hall–Kier alpha value is -2.14. The molecule has 2 aromatic heterocycles. The number of nitrogens with zero attached hydrogens (tertiary/aromatic N) is 3. The first-order valence-electron chi connectivity index (χ1n) is 8.12. The van der Waals surface area contributed by atoms with Gasteiger partial charge in [0.1, 0.15) is 5.82 Å². The lowest BCUT2D eigenvalue weighted by atomic mass is 10.1. The lowest BCUT2D eigenvalue weighted by Crippen LogP contribution is -2.31. The fourth-order valence-electron chi connectivity index (χ4n) is 2.86. The molecule has 5 heteroatoms. The largest absolute Gasteiger partial charge is 0.341 e. The summed E-state index contributed by atoms with van der Waals surface area (Å²) in [6, 6.07) is 6.74. The van der Waals surface area contributed by atoms with Gasteiger partial charge in [0.2, 0.25) is 0 Å². The number of hydrogen-bond donors (Lipinski definition) is 2. The van der Waals surface area contributed by atoms with Crippen molar-refractivity contribution in [2.75, 3.05) is 0 Å². The third-order valence-electron chi connectivity index (χ3n) is 4.31. The fraction of sp³-hybridized carbons (Fsp3) is 0.444. The standard InChI is InChI=1S/C18H25N5/c1-11-6-16-17(7-12(11)2)21-18(20-16)9-19-14(4)10-23-15(5)8-13(3)22-23/h6-8,14,19H,9-10H2,1-5H3,(H,20,21). The van der Waals surface area contributed by atoms with Crippen molar-refractivity contribution >= 4 is 11.0 Å². The molecular formula is C18H25N5. The third kappa shape index (κ3) is 3.45.